The van der Waals surface area contributed by atoms with Crippen molar-refractivity contribution in [3.05, 3.63) is 35.0 Å². The van der Waals surface area contributed by atoms with Crippen LogP contribution in [0.3, 0.4) is 0 Å². The molecule has 1 N–H and O–H groups in total. The SMILES string of the molecule is Cc1ccc2c(C(=O)CC#N)c[nH]c2c1C. The van der Waals surface area contributed by atoms with Gasteiger partial charge in [0.05, 0.1) is 12.5 Å². The molecule has 0 fully saturated rings. The number of carbonyl (C=O) groups excluding carboxylic acids is 1. The van der Waals surface area contributed by atoms with Crippen molar-refractivity contribution in [3.63, 3.8) is 0 Å². The Morgan fingerprint density at radius 3 is 2.88 bits per heavy atom. The minimum absolute atomic E-state index is 0.0696. The molecule has 0 aliphatic rings. The predicted molar refractivity (Wildman–Crippen MR) is 62.3 cm³/mol. The average molecular weight is 212 g/mol. The van der Waals surface area contributed by atoms with E-state index in [1.807, 2.05) is 32.0 Å². The molecule has 1 aromatic carbocycles. The van der Waals surface area contributed by atoms with Gasteiger partial charge in [0.2, 0.25) is 0 Å². The van der Waals surface area contributed by atoms with E-state index in [0.29, 0.717) is 5.56 Å². The molecule has 0 bridgehead atoms. The molecule has 0 unspecified atom stereocenters. The summed E-state index contributed by atoms with van der Waals surface area (Å²) >= 11 is 0. The maximum absolute atomic E-state index is 11.7. The van der Waals surface area contributed by atoms with Crippen LogP contribution in [0.25, 0.3) is 10.9 Å². The minimum atomic E-state index is -0.128. The van der Waals surface area contributed by atoms with Crippen LogP contribution in [0, 0.1) is 25.2 Å². The molecule has 0 atom stereocenters. The summed E-state index contributed by atoms with van der Waals surface area (Å²) in [7, 11) is 0. The number of H-pyrrole nitrogens is 1. The Labute approximate surface area is 93.7 Å². The third-order valence-electron chi connectivity index (χ3n) is 2.93. The first kappa shape index (κ1) is 10.4. The van der Waals surface area contributed by atoms with Crippen LogP contribution in [-0.2, 0) is 0 Å². The van der Waals surface area contributed by atoms with E-state index in [2.05, 4.69) is 4.98 Å². The third kappa shape index (κ3) is 1.49. The monoisotopic (exact) mass is 212 g/mol. The number of nitriles is 1. The summed E-state index contributed by atoms with van der Waals surface area (Å²) in [5, 5.41) is 9.43. The molecule has 3 heteroatoms. The second-order valence-electron chi connectivity index (χ2n) is 3.89. The van der Waals surface area contributed by atoms with Gasteiger partial charge in [-0.1, -0.05) is 12.1 Å². The van der Waals surface area contributed by atoms with Crippen LogP contribution in [0.4, 0.5) is 0 Å². The number of Topliss-reactive ketones (excluding diaryl/α,β-unsaturated/α-hetero) is 1. The summed E-state index contributed by atoms with van der Waals surface area (Å²) in [6, 6.07) is 5.81. The normalized spacial score (nSPS) is 10.3. The Hall–Kier alpha value is -2.08. The van der Waals surface area contributed by atoms with Crippen molar-refractivity contribution in [2.75, 3.05) is 0 Å². The number of hydrogen-bond acceptors (Lipinski definition) is 2. The Bertz CT molecular complexity index is 602. The van der Waals surface area contributed by atoms with Gasteiger partial charge >= 0.3 is 0 Å². The molecule has 0 aliphatic heterocycles. The van der Waals surface area contributed by atoms with E-state index in [4.69, 9.17) is 5.26 Å². The molecule has 2 rings (SSSR count). The summed E-state index contributed by atoms with van der Waals surface area (Å²) in [6.45, 7) is 4.05. The first-order valence-electron chi connectivity index (χ1n) is 5.12. The van der Waals surface area contributed by atoms with E-state index in [0.717, 1.165) is 16.5 Å². The molecule has 3 nitrogen and oxygen atoms in total. The molecule has 0 saturated carbocycles. The van der Waals surface area contributed by atoms with E-state index in [9.17, 15) is 4.79 Å². The first-order chi connectivity index (χ1) is 7.65. The maximum Gasteiger partial charge on any atom is 0.179 e. The van der Waals surface area contributed by atoms with Crippen molar-refractivity contribution in [1.29, 1.82) is 5.26 Å². The number of fused-ring (bicyclic) bond motifs is 1. The van der Waals surface area contributed by atoms with Crippen LogP contribution < -0.4 is 0 Å². The molecule has 0 amide bonds. The van der Waals surface area contributed by atoms with Crippen molar-refractivity contribution in [2.45, 2.75) is 20.3 Å². The van der Waals surface area contributed by atoms with Crippen LogP contribution in [0.15, 0.2) is 18.3 Å². The van der Waals surface area contributed by atoms with Gasteiger partial charge in [0.15, 0.2) is 5.78 Å². The zero-order valence-electron chi connectivity index (χ0n) is 9.29. The summed E-state index contributed by atoms with van der Waals surface area (Å²) in [5.74, 6) is -0.128. The highest BCUT2D eigenvalue weighted by atomic mass is 16.1. The Kier molecular flexibility index (Phi) is 2.49. The molecule has 2 aromatic rings. The van der Waals surface area contributed by atoms with Crippen LogP contribution >= 0.6 is 0 Å². The fraction of sp³-hybridized carbons (Fsp3) is 0.231. The molecule has 0 radical (unpaired) electrons. The van der Waals surface area contributed by atoms with Crippen LogP contribution in [0.1, 0.15) is 27.9 Å². The lowest BCUT2D eigenvalue weighted by Gasteiger charge is -2.01. The Balaban J connectivity index is 2.63. The minimum Gasteiger partial charge on any atom is -0.360 e. The van der Waals surface area contributed by atoms with E-state index >= 15 is 0 Å². The van der Waals surface area contributed by atoms with Crippen molar-refractivity contribution in [2.24, 2.45) is 0 Å². The second-order valence-corrected chi connectivity index (χ2v) is 3.89. The standard InChI is InChI=1S/C13H12N2O/c1-8-3-4-10-11(12(16)5-6-14)7-15-13(10)9(8)2/h3-4,7,15H,5H2,1-2H3. The van der Waals surface area contributed by atoms with E-state index < -0.39 is 0 Å². The number of aromatic amines is 1. The Morgan fingerprint density at radius 2 is 2.19 bits per heavy atom. The van der Waals surface area contributed by atoms with Crippen LogP contribution in [0.2, 0.25) is 0 Å². The molecule has 0 saturated heterocycles. The van der Waals surface area contributed by atoms with Gasteiger partial charge in [-0.15, -0.1) is 0 Å². The number of hydrogen-bond donors (Lipinski definition) is 1. The zero-order chi connectivity index (χ0) is 11.7. The highest BCUT2D eigenvalue weighted by Crippen LogP contribution is 2.24. The van der Waals surface area contributed by atoms with E-state index in [-0.39, 0.29) is 12.2 Å². The van der Waals surface area contributed by atoms with Gasteiger partial charge in [0.1, 0.15) is 0 Å². The fourth-order valence-electron chi connectivity index (χ4n) is 1.85. The number of carbonyl (C=O) groups is 1. The van der Waals surface area contributed by atoms with Crippen molar-refractivity contribution >= 4 is 16.7 Å². The largest absolute Gasteiger partial charge is 0.360 e. The van der Waals surface area contributed by atoms with Gasteiger partial charge in [-0.05, 0) is 25.0 Å². The smallest absolute Gasteiger partial charge is 0.179 e. The molecule has 80 valence electrons. The topological polar surface area (TPSA) is 56.6 Å². The highest BCUT2D eigenvalue weighted by molar-refractivity contribution is 6.09. The van der Waals surface area contributed by atoms with Gasteiger partial charge in [0, 0.05) is 22.7 Å². The highest BCUT2D eigenvalue weighted by Gasteiger charge is 2.12. The maximum atomic E-state index is 11.7. The van der Waals surface area contributed by atoms with Gasteiger partial charge < -0.3 is 4.98 Å². The molecule has 0 spiro atoms. The summed E-state index contributed by atoms with van der Waals surface area (Å²) in [5.41, 5.74) is 3.93. The number of aryl methyl sites for hydroxylation is 2. The van der Waals surface area contributed by atoms with Gasteiger partial charge in [-0.3, -0.25) is 4.79 Å². The zero-order valence-corrected chi connectivity index (χ0v) is 9.29. The number of nitrogens with one attached hydrogen (secondary N) is 1. The molecule has 1 aromatic heterocycles. The number of nitrogens with zero attached hydrogens (tertiary/aromatic N) is 1. The summed E-state index contributed by atoms with van der Waals surface area (Å²) in [6.07, 6.45) is 1.62. The van der Waals surface area contributed by atoms with Gasteiger partial charge in [-0.25, -0.2) is 0 Å². The number of benzene rings is 1. The summed E-state index contributed by atoms with van der Waals surface area (Å²) in [4.78, 5) is 14.8. The molecule has 16 heavy (non-hydrogen) atoms. The third-order valence-corrected chi connectivity index (χ3v) is 2.93. The average Bonchev–Trinajstić information content (AvgIpc) is 2.68. The van der Waals surface area contributed by atoms with Crippen LogP contribution in [0.5, 0.6) is 0 Å². The quantitative estimate of drug-likeness (QED) is 0.778. The molecular formula is C13H12N2O. The van der Waals surface area contributed by atoms with Gasteiger partial charge in [0.25, 0.3) is 0 Å². The second kappa shape index (κ2) is 3.82. The first-order valence-corrected chi connectivity index (χ1v) is 5.12. The lowest BCUT2D eigenvalue weighted by molar-refractivity contribution is 0.0999. The van der Waals surface area contributed by atoms with E-state index in [1.54, 1.807) is 6.20 Å². The molecular weight excluding hydrogens is 200 g/mol. The number of aromatic nitrogens is 1. The Morgan fingerprint density at radius 1 is 1.44 bits per heavy atom. The molecule has 0 aliphatic carbocycles. The molecule has 1 heterocycles. The predicted octanol–water partition coefficient (Wildman–Crippen LogP) is 2.88. The number of rotatable bonds is 2. The van der Waals surface area contributed by atoms with Crippen LogP contribution in [-0.4, -0.2) is 10.8 Å². The fourth-order valence-corrected chi connectivity index (χ4v) is 1.85. The van der Waals surface area contributed by atoms with Crippen molar-refractivity contribution < 1.29 is 4.79 Å². The number of ketones is 1. The van der Waals surface area contributed by atoms with E-state index in [1.165, 1.54) is 5.56 Å². The summed E-state index contributed by atoms with van der Waals surface area (Å²) < 4.78 is 0. The lowest BCUT2D eigenvalue weighted by Crippen LogP contribution is -1.95. The van der Waals surface area contributed by atoms with Crippen molar-refractivity contribution in [1.82, 2.24) is 4.98 Å². The lowest BCUT2D eigenvalue weighted by atomic mass is 10.0. The van der Waals surface area contributed by atoms with Crippen molar-refractivity contribution in [3.8, 4) is 6.07 Å². The van der Waals surface area contributed by atoms with Gasteiger partial charge in [-0.2, -0.15) is 5.26 Å².